The number of anilines is 1. The Morgan fingerprint density at radius 2 is 1.83 bits per heavy atom. The number of carbonyl (C=O) groups excluding carboxylic acids is 2. The van der Waals surface area contributed by atoms with Crippen LogP contribution in [-0.4, -0.2) is 53.3 Å². The molecule has 0 unspecified atom stereocenters. The molecule has 1 aromatic heterocycles. The van der Waals surface area contributed by atoms with Crippen molar-refractivity contribution < 1.29 is 29.0 Å². The van der Waals surface area contributed by atoms with Crippen molar-refractivity contribution in [1.29, 1.82) is 0 Å². The predicted molar refractivity (Wildman–Crippen MR) is 186 cm³/mol. The lowest BCUT2D eigenvalue weighted by atomic mass is 9.92. The Morgan fingerprint density at radius 1 is 1.09 bits per heavy atom. The summed E-state index contributed by atoms with van der Waals surface area (Å²) in [5.74, 6) is -1.13. The average Bonchev–Trinajstić information content (AvgIpc) is 3.66. The Balaban J connectivity index is 1.57. The fourth-order valence-electron chi connectivity index (χ4n) is 5.91. The van der Waals surface area contributed by atoms with Gasteiger partial charge >= 0.3 is 5.97 Å². The Labute approximate surface area is 275 Å². The molecule has 1 heterocycles. The van der Waals surface area contributed by atoms with Crippen molar-refractivity contribution in [2.75, 3.05) is 25.6 Å². The molecule has 1 fully saturated rings. The fraction of sp³-hybridized carbons (Fsp3) is 0.324. The molecule has 10 nitrogen and oxygen atoms in total. The first-order valence-corrected chi connectivity index (χ1v) is 15.6. The molecule has 1 aliphatic rings. The van der Waals surface area contributed by atoms with Gasteiger partial charge in [0.1, 0.15) is 17.9 Å². The topological polar surface area (TPSA) is 145 Å². The third-order valence-electron chi connectivity index (χ3n) is 8.30. The number of methoxy groups -OCH3 is 1. The summed E-state index contributed by atoms with van der Waals surface area (Å²) in [4.78, 5) is 38.0. The largest absolute Gasteiger partial charge is 0.490 e. The number of aryl methyl sites for hydroxylation is 1. The van der Waals surface area contributed by atoms with E-state index in [1.54, 1.807) is 51.3 Å². The number of carboxylic acid groups (broad SMARTS) is 1. The van der Waals surface area contributed by atoms with Crippen LogP contribution < -0.4 is 21.1 Å². The average molecular weight is 641 g/mol. The highest BCUT2D eigenvalue weighted by molar-refractivity contribution is 6.05. The molecule has 1 saturated carbocycles. The molecule has 1 aliphatic carbocycles. The second kappa shape index (κ2) is 15.5. The number of benzene rings is 2. The van der Waals surface area contributed by atoms with Gasteiger partial charge < -0.3 is 35.5 Å². The van der Waals surface area contributed by atoms with Gasteiger partial charge in [0, 0.05) is 54.0 Å². The second-order valence-corrected chi connectivity index (χ2v) is 12.1. The maximum Gasteiger partial charge on any atom is 0.328 e. The van der Waals surface area contributed by atoms with Gasteiger partial charge in [-0.05, 0) is 86.4 Å². The number of fused-ring (bicyclic) bond motifs is 1. The molecule has 10 heteroatoms. The molecule has 0 spiro atoms. The number of nitrogens with one attached hydrogen (secondary N) is 2. The van der Waals surface area contributed by atoms with Gasteiger partial charge in [0.15, 0.2) is 0 Å². The molecule has 0 radical (unpaired) electrons. The van der Waals surface area contributed by atoms with Gasteiger partial charge in [-0.15, -0.1) is 0 Å². The first kappa shape index (κ1) is 34.8. The van der Waals surface area contributed by atoms with Crippen molar-refractivity contribution in [3.8, 4) is 5.75 Å². The van der Waals surface area contributed by atoms with Gasteiger partial charge in [0.05, 0.1) is 12.3 Å². The molecule has 0 bridgehead atoms. The van der Waals surface area contributed by atoms with Crippen molar-refractivity contribution in [1.82, 2.24) is 9.88 Å². The molecular formula is C37H44N4O6. The number of carboxylic acids is 1. The third kappa shape index (κ3) is 8.39. The lowest BCUT2D eigenvalue weighted by Gasteiger charge is -2.25. The Kier molecular flexibility index (Phi) is 11.4. The number of hydrogen-bond donors (Lipinski definition) is 4. The second-order valence-electron chi connectivity index (χ2n) is 12.1. The van der Waals surface area contributed by atoms with Crippen LogP contribution in [-0.2, 0) is 21.4 Å². The maximum absolute atomic E-state index is 13.6. The van der Waals surface area contributed by atoms with E-state index in [2.05, 4.69) is 21.8 Å². The van der Waals surface area contributed by atoms with Gasteiger partial charge in [-0.25, -0.2) is 4.79 Å². The van der Waals surface area contributed by atoms with Crippen LogP contribution in [0.25, 0.3) is 22.6 Å². The van der Waals surface area contributed by atoms with Gasteiger partial charge in [-0.2, -0.15) is 0 Å². The molecule has 4 rings (SSSR count). The maximum atomic E-state index is 13.6. The van der Waals surface area contributed by atoms with Gasteiger partial charge in [0.25, 0.3) is 5.91 Å². The van der Waals surface area contributed by atoms with E-state index in [0.717, 1.165) is 41.1 Å². The lowest BCUT2D eigenvalue weighted by molar-refractivity contribution is -0.131. The number of carbonyl (C=O) groups is 3. The van der Waals surface area contributed by atoms with E-state index in [-0.39, 0.29) is 12.5 Å². The highest BCUT2D eigenvalue weighted by atomic mass is 16.5. The van der Waals surface area contributed by atoms with E-state index in [4.69, 9.17) is 20.3 Å². The molecule has 47 heavy (non-hydrogen) atoms. The van der Waals surface area contributed by atoms with Gasteiger partial charge in [-0.3, -0.25) is 9.59 Å². The quantitative estimate of drug-likeness (QED) is 0.0940. The van der Waals surface area contributed by atoms with Crippen molar-refractivity contribution in [2.45, 2.75) is 51.0 Å². The van der Waals surface area contributed by atoms with Crippen LogP contribution in [0.15, 0.2) is 73.5 Å². The van der Waals surface area contributed by atoms with Crippen molar-refractivity contribution >= 4 is 46.0 Å². The number of nitrogens with two attached hydrogens (primary N) is 1. The molecule has 5 N–H and O–H groups in total. The summed E-state index contributed by atoms with van der Waals surface area (Å²) in [7, 11) is 3.53. The summed E-state index contributed by atoms with van der Waals surface area (Å²) < 4.78 is 12.9. The minimum absolute atomic E-state index is 0.231. The Hall–Kier alpha value is -5.09. The Morgan fingerprint density at radius 3 is 2.51 bits per heavy atom. The Bertz CT molecular complexity index is 1740. The predicted octanol–water partition coefficient (Wildman–Crippen LogP) is 6.15. The van der Waals surface area contributed by atoms with E-state index >= 15 is 0 Å². The number of rotatable bonds is 14. The number of aliphatic carboxylic acids is 1. The summed E-state index contributed by atoms with van der Waals surface area (Å²) in [5.41, 5.74) is 9.69. The summed E-state index contributed by atoms with van der Waals surface area (Å²) in [6.07, 6.45) is 14.1. The van der Waals surface area contributed by atoms with Crippen LogP contribution in [0.3, 0.4) is 0 Å². The standard InChI is InChI=1S/C37H44N4O6/c1-24(10-8-9-19-38)34-33(26-11-6-7-12-26)29-17-14-27(22-30(29)41(34)4)35(44)40-37(2,3)36(45)39-28-16-13-25(15-18-32(42)43)31(23-28)47-21-20-46-5/h8-10,13-19,22-23,26H,1,6-7,11-12,20-21,38H2,2-5H3,(H,39,45)(H,40,44)(H,42,43)/b10-8-,18-15+,19-9-. The zero-order valence-electron chi connectivity index (χ0n) is 27.5. The van der Waals surface area contributed by atoms with Crippen LogP contribution >= 0.6 is 0 Å². The van der Waals surface area contributed by atoms with Crippen LogP contribution in [0.2, 0.25) is 0 Å². The minimum atomic E-state index is -1.28. The van der Waals surface area contributed by atoms with E-state index in [1.165, 1.54) is 30.7 Å². The van der Waals surface area contributed by atoms with Gasteiger partial charge in [0.2, 0.25) is 5.91 Å². The zero-order chi connectivity index (χ0) is 34.1. The van der Waals surface area contributed by atoms with E-state index < -0.39 is 17.4 Å². The molecule has 248 valence electrons. The van der Waals surface area contributed by atoms with Crippen molar-refractivity contribution in [3.63, 3.8) is 0 Å². The lowest BCUT2D eigenvalue weighted by Crippen LogP contribution is -2.52. The first-order valence-electron chi connectivity index (χ1n) is 15.6. The summed E-state index contributed by atoms with van der Waals surface area (Å²) in [5, 5.41) is 15.8. The van der Waals surface area contributed by atoms with Crippen molar-refractivity contribution in [3.05, 3.63) is 95.9 Å². The van der Waals surface area contributed by atoms with Crippen LogP contribution in [0.4, 0.5) is 5.69 Å². The number of aromatic nitrogens is 1. The molecule has 3 aromatic rings. The summed E-state index contributed by atoms with van der Waals surface area (Å²) >= 11 is 0. The molecule has 2 aromatic carbocycles. The highest BCUT2D eigenvalue weighted by Crippen LogP contribution is 2.43. The minimum Gasteiger partial charge on any atom is -0.490 e. The first-order chi connectivity index (χ1) is 22.5. The number of ether oxygens (including phenoxy) is 2. The summed E-state index contributed by atoms with van der Waals surface area (Å²) in [6, 6.07) is 10.5. The number of nitrogens with zero attached hydrogens (tertiary/aromatic N) is 1. The highest BCUT2D eigenvalue weighted by Gasteiger charge is 2.31. The van der Waals surface area contributed by atoms with Crippen LogP contribution in [0, 0.1) is 0 Å². The zero-order valence-corrected chi connectivity index (χ0v) is 27.5. The number of allylic oxidation sites excluding steroid dienone is 4. The smallest absolute Gasteiger partial charge is 0.328 e. The monoisotopic (exact) mass is 640 g/mol. The molecular weight excluding hydrogens is 596 g/mol. The van der Waals surface area contributed by atoms with Crippen LogP contribution in [0.5, 0.6) is 5.75 Å². The molecule has 2 amide bonds. The van der Waals surface area contributed by atoms with Crippen LogP contribution in [0.1, 0.15) is 72.6 Å². The van der Waals surface area contributed by atoms with Crippen molar-refractivity contribution in [2.24, 2.45) is 12.8 Å². The SMILES string of the molecule is C=C(/C=C\C=C/N)c1c(C2CCCC2)c2ccc(C(=O)NC(C)(C)C(=O)Nc3ccc(/C=C/C(=O)O)c(OCCOC)c3)cc2n1C. The van der Waals surface area contributed by atoms with E-state index in [0.29, 0.717) is 35.1 Å². The number of amides is 2. The van der Waals surface area contributed by atoms with E-state index in [1.807, 2.05) is 31.3 Å². The van der Waals surface area contributed by atoms with Gasteiger partial charge in [-0.1, -0.05) is 37.6 Å². The fourth-order valence-corrected chi connectivity index (χ4v) is 5.91. The third-order valence-corrected chi connectivity index (χ3v) is 8.30. The summed E-state index contributed by atoms with van der Waals surface area (Å²) in [6.45, 7) is 8.16. The molecule has 0 atom stereocenters. The molecule has 0 saturated heterocycles. The number of hydrogen-bond acceptors (Lipinski definition) is 6. The van der Waals surface area contributed by atoms with E-state index in [9.17, 15) is 14.4 Å². The molecule has 0 aliphatic heterocycles. The normalized spacial score (nSPS) is 14.0.